The van der Waals surface area contributed by atoms with Crippen molar-refractivity contribution in [3.05, 3.63) is 71.8 Å². The van der Waals surface area contributed by atoms with Crippen molar-refractivity contribution in [3.8, 4) is 0 Å². The summed E-state index contributed by atoms with van der Waals surface area (Å²) in [5.41, 5.74) is 0.763. The summed E-state index contributed by atoms with van der Waals surface area (Å²) in [7, 11) is 0. The second kappa shape index (κ2) is 17.0. The summed E-state index contributed by atoms with van der Waals surface area (Å²) in [4.78, 5) is 52.0. The van der Waals surface area contributed by atoms with Crippen molar-refractivity contribution in [2.45, 2.75) is 98.6 Å². The highest BCUT2D eigenvalue weighted by atomic mass is 16.5. The van der Waals surface area contributed by atoms with Gasteiger partial charge in [-0.3, -0.25) is 14.4 Å². The minimum Gasteiger partial charge on any atom is -0.445 e. The highest BCUT2D eigenvalue weighted by molar-refractivity contribution is 5.87. The van der Waals surface area contributed by atoms with Gasteiger partial charge >= 0.3 is 6.09 Å². The Bertz CT molecular complexity index is 1240. The predicted octanol–water partition coefficient (Wildman–Crippen LogP) is 4.11. The molecular formula is C35H52N4O6. The monoisotopic (exact) mass is 624 g/mol. The van der Waals surface area contributed by atoms with Gasteiger partial charge < -0.3 is 31.1 Å². The second-order valence-corrected chi connectivity index (χ2v) is 14.0. The molecule has 2 aromatic carbocycles. The van der Waals surface area contributed by atoms with Crippen molar-refractivity contribution in [1.29, 1.82) is 0 Å². The second-order valence-electron chi connectivity index (χ2n) is 14.0. The molecule has 5 N–H and O–H groups in total. The van der Waals surface area contributed by atoms with E-state index in [0.29, 0.717) is 0 Å². The summed E-state index contributed by atoms with van der Waals surface area (Å²) >= 11 is 0. The van der Waals surface area contributed by atoms with Crippen LogP contribution in [-0.2, 0) is 32.1 Å². The lowest BCUT2D eigenvalue weighted by Gasteiger charge is -2.32. The van der Waals surface area contributed by atoms with Crippen molar-refractivity contribution in [2.75, 3.05) is 6.54 Å². The third kappa shape index (κ3) is 13.7. The van der Waals surface area contributed by atoms with Crippen LogP contribution < -0.4 is 21.3 Å². The molecule has 0 spiro atoms. The molecular weight excluding hydrogens is 572 g/mol. The Hall–Kier alpha value is -3.92. The highest BCUT2D eigenvalue weighted by Crippen LogP contribution is 2.29. The Morgan fingerprint density at radius 2 is 1.36 bits per heavy atom. The summed E-state index contributed by atoms with van der Waals surface area (Å²) in [5.74, 6) is -1.95. The van der Waals surface area contributed by atoms with E-state index in [1.807, 2.05) is 102 Å². The van der Waals surface area contributed by atoms with E-state index in [-0.39, 0.29) is 43.7 Å². The van der Waals surface area contributed by atoms with Gasteiger partial charge in [0.2, 0.25) is 17.7 Å². The van der Waals surface area contributed by atoms with E-state index in [1.54, 1.807) is 13.8 Å². The fraction of sp³-hybridized carbons (Fsp3) is 0.543. The summed E-state index contributed by atoms with van der Waals surface area (Å²) < 4.78 is 5.32. The van der Waals surface area contributed by atoms with Gasteiger partial charge in [0.15, 0.2) is 0 Å². The van der Waals surface area contributed by atoms with Crippen LogP contribution in [0.4, 0.5) is 4.79 Å². The number of hydrogen-bond donors (Lipinski definition) is 5. The van der Waals surface area contributed by atoms with Gasteiger partial charge in [0.05, 0.1) is 18.1 Å². The van der Waals surface area contributed by atoms with Crippen molar-refractivity contribution in [3.63, 3.8) is 0 Å². The van der Waals surface area contributed by atoms with E-state index in [1.165, 1.54) is 0 Å². The normalized spacial score (nSPS) is 14.4. The van der Waals surface area contributed by atoms with Crippen LogP contribution in [0, 0.1) is 17.3 Å². The molecule has 2 aromatic rings. The maximum atomic E-state index is 13.5. The largest absolute Gasteiger partial charge is 0.445 e. The molecule has 0 aliphatic carbocycles. The van der Waals surface area contributed by atoms with E-state index >= 15 is 0 Å². The number of hydrogen-bond acceptors (Lipinski definition) is 6. The molecule has 10 nitrogen and oxygen atoms in total. The SMILES string of the molecule is CC(C)[C@H](NC(=O)OCc1ccccc1)C(=O)NC(Cc1ccccc1)C(O)CNC(=O)C[C@@H](C(=O)NC(C)(C)C)C(C)(C)C. The summed E-state index contributed by atoms with van der Waals surface area (Å²) in [6.07, 6.45) is -1.67. The lowest BCUT2D eigenvalue weighted by Crippen LogP contribution is -2.56. The van der Waals surface area contributed by atoms with Crippen LogP contribution in [0.25, 0.3) is 0 Å². The van der Waals surface area contributed by atoms with Crippen LogP contribution in [0.3, 0.4) is 0 Å². The van der Waals surface area contributed by atoms with Gasteiger partial charge in [0, 0.05) is 18.5 Å². The van der Waals surface area contributed by atoms with Crippen LogP contribution in [0.5, 0.6) is 0 Å². The molecule has 0 aromatic heterocycles. The first kappa shape index (κ1) is 37.3. The zero-order chi connectivity index (χ0) is 33.8. The number of alkyl carbamates (subject to hydrolysis) is 1. The fourth-order valence-corrected chi connectivity index (χ4v) is 4.72. The van der Waals surface area contributed by atoms with Gasteiger partial charge in [0.1, 0.15) is 12.6 Å². The number of carbonyl (C=O) groups excluding carboxylic acids is 4. The lowest BCUT2D eigenvalue weighted by molar-refractivity contribution is -0.135. The number of nitrogens with one attached hydrogen (secondary N) is 4. The van der Waals surface area contributed by atoms with Gasteiger partial charge in [-0.1, -0.05) is 95.3 Å². The lowest BCUT2D eigenvalue weighted by atomic mass is 9.77. The smallest absolute Gasteiger partial charge is 0.408 e. The molecule has 0 aliphatic rings. The molecule has 10 heteroatoms. The Morgan fingerprint density at radius 3 is 1.87 bits per heavy atom. The van der Waals surface area contributed by atoms with Gasteiger partial charge in [-0.15, -0.1) is 0 Å². The maximum absolute atomic E-state index is 13.5. The number of rotatable bonds is 14. The molecule has 248 valence electrons. The van der Waals surface area contributed by atoms with E-state index in [9.17, 15) is 24.3 Å². The first-order valence-corrected chi connectivity index (χ1v) is 15.5. The van der Waals surface area contributed by atoms with Gasteiger partial charge in [-0.05, 0) is 49.7 Å². The minimum absolute atomic E-state index is 0.0573. The average molecular weight is 625 g/mol. The standard InChI is InChI=1S/C35H52N4O6/c1-23(2)30(38-33(44)45-22-25-17-13-10-14-18-25)32(43)37-27(19-24-15-11-9-12-16-24)28(40)21-36-29(41)20-26(34(3,4)5)31(42)39-35(6,7)8/h9-18,23,26-28,30,40H,19-22H2,1-8H3,(H,36,41)(H,37,43)(H,38,44)(H,39,42)/t26-,27?,28?,30-/m0/s1. The van der Waals surface area contributed by atoms with Gasteiger partial charge in [-0.2, -0.15) is 0 Å². The molecule has 0 saturated carbocycles. The number of benzene rings is 2. The fourth-order valence-electron chi connectivity index (χ4n) is 4.72. The zero-order valence-corrected chi connectivity index (χ0v) is 28.0. The summed E-state index contributed by atoms with van der Waals surface area (Å²) in [6.45, 7) is 14.9. The maximum Gasteiger partial charge on any atom is 0.408 e. The molecule has 45 heavy (non-hydrogen) atoms. The molecule has 4 atom stereocenters. The average Bonchev–Trinajstić information content (AvgIpc) is 2.95. The molecule has 0 saturated heterocycles. The molecule has 0 aliphatic heterocycles. The zero-order valence-electron chi connectivity index (χ0n) is 28.0. The topological polar surface area (TPSA) is 146 Å². The predicted molar refractivity (Wildman–Crippen MR) is 175 cm³/mol. The molecule has 0 bridgehead atoms. The molecule has 4 amide bonds. The van der Waals surface area contributed by atoms with Gasteiger partial charge in [-0.25, -0.2) is 4.79 Å². The first-order valence-electron chi connectivity index (χ1n) is 15.5. The number of ether oxygens (including phenoxy) is 1. The molecule has 2 unspecified atom stereocenters. The molecule has 2 rings (SSSR count). The first-order chi connectivity index (χ1) is 21.0. The molecule has 0 radical (unpaired) electrons. The van der Waals surface area contributed by atoms with Crippen molar-refractivity contribution in [1.82, 2.24) is 21.3 Å². The van der Waals surface area contributed by atoms with Crippen molar-refractivity contribution in [2.24, 2.45) is 17.3 Å². The number of amides is 4. The van der Waals surface area contributed by atoms with E-state index < -0.39 is 47.1 Å². The van der Waals surface area contributed by atoms with Crippen molar-refractivity contribution < 1.29 is 29.0 Å². The van der Waals surface area contributed by atoms with E-state index in [0.717, 1.165) is 11.1 Å². The van der Waals surface area contributed by atoms with Crippen LogP contribution in [0.15, 0.2) is 60.7 Å². The summed E-state index contributed by atoms with van der Waals surface area (Å²) in [6, 6.07) is 16.8. The van der Waals surface area contributed by atoms with Crippen LogP contribution in [0.1, 0.15) is 72.9 Å². The highest BCUT2D eigenvalue weighted by Gasteiger charge is 2.35. The van der Waals surface area contributed by atoms with Crippen LogP contribution >= 0.6 is 0 Å². The molecule has 0 fully saturated rings. The van der Waals surface area contributed by atoms with Crippen LogP contribution in [-0.4, -0.2) is 59.2 Å². The Morgan fingerprint density at radius 1 is 0.800 bits per heavy atom. The van der Waals surface area contributed by atoms with Crippen LogP contribution in [0.2, 0.25) is 0 Å². The van der Waals surface area contributed by atoms with Gasteiger partial charge in [0.25, 0.3) is 0 Å². The Labute approximate surface area is 268 Å². The van der Waals surface area contributed by atoms with E-state index in [2.05, 4.69) is 21.3 Å². The van der Waals surface area contributed by atoms with E-state index in [4.69, 9.17) is 4.74 Å². The van der Waals surface area contributed by atoms with Crippen molar-refractivity contribution >= 4 is 23.8 Å². The quantitative estimate of drug-likeness (QED) is 0.214. The number of carbonyl (C=O) groups is 4. The minimum atomic E-state index is -1.16. The Kier molecular flexibility index (Phi) is 14.0. The number of aliphatic hydroxyl groups is 1. The number of aliphatic hydroxyl groups excluding tert-OH is 1. The summed E-state index contributed by atoms with van der Waals surface area (Å²) in [5, 5.41) is 22.5. The Balaban J connectivity index is 2.10. The third-order valence-electron chi connectivity index (χ3n) is 7.28. The molecule has 0 heterocycles. The third-order valence-corrected chi connectivity index (χ3v) is 7.28.